The van der Waals surface area contributed by atoms with E-state index in [4.69, 9.17) is 5.73 Å². The largest absolute Gasteiger partial charge is 0.326 e. The summed E-state index contributed by atoms with van der Waals surface area (Å²) in [4.78, 5) is 0. The second kappa shape index (κ2) is 4.63. The van der Waals surface area contributed by atoms with Crippen molar-refractivity contribution in [2.24, 2.45) is 5.73 Å². The molecular weight excluding hydrogens is 158 g/mol. The molecule has 0 aliphatic rings. The van der Waals surface area contributed by atoms with Crippen molar-refractivity contribution in [3.05, 3.63) is 54.1 Å². The number of rotatable bonds is 3. The van der Waals surface area contributed by atoms with E-state index in [0.717, 1.165) is 5.57 Å². The van der Waals surface area contributed by atoms with Crippen molar-refractivity contribution in [2.75, 3.05) is 6.54 Å². The van der Waals surface area contributed by atoms with Gasteiger partial charge in [-0.1, -0.05) is 43.0 Å². The van der Waals surface area contributed by atoms with E-state index in [9.17, 15) is 0 Å². The summed E-state index contributed by atoms with van der Waals surface area (Å²) in [6.07, 6.45) is 3.73. The van der Waals surface area contributed by atoms with Crippen LogP contribution in [0.5, 0.6) is 0 Å². The van der Waals surface area contributed by atoms with Crippen molar-refractivity contribution in [1.29, 1.82) is 0 Å². The number of hydrogen-bond donors (Lipinski definition) is 1. The molecule has 13 heavy (non-hydrogen) atoms. The van der Waals surface area contributed by atoms with Crippen LogP contribution in [0.1, 0.15) is 11.1 Å². The zero-order valence-corrected chi connectivity index (χ0v) is 7.96. The molecule has 1 aromatic carbocycles. The van der Waals surface area contributed by atoms with Gasteiger partial charge in [0.25, 0.3) is 0 Å². The van der Waals surface area contributed by atoms with Crippen molar-refractivity contribution in [1.82, 2.24) is 0 Å². The molecule has 0 fully saturated rings. The van der Waals surface area contributed by atoms with Gasteiger partial charge in [-0.3, -0.25) is 0 Å². The maximum absolute atomic E-state index is 5.64. The van der Waals surface area contributed by atoms with Crippen LogP contribution in [0.2, 0.25) is 0 Å². The molecule has 0 unspecified atom stereocenters. The molecule has 1 aromatic rings. The van der Waals surface area contributed by atoms with Crippen molar-refractivity contribution < 1.29 is 0 Å². The number of hydrogen-bond acceptors (Lipinski definition) is 1. The third kappa shape index (κ3) is 2.30. The zero-order chi connectivity index (χ0) is 9.68. The van der Waals surface area contributed by atoms with Crippen LogP contribution in [-0.2, 0) is 0 Å². The van der Waals surface area contributed by atoms with Crippen LogP contribution in [0.15, 0.2) is 43.0 Å². The minimum atomic E-state index is 0.552. The van der Waals surface area contributed by atoms with Gasteiger partial charge in [-0.05, 0) is 23.6 Å². The first-order chi connectivity index (χ1) is 6.29. The Morgan fingerprint density at radius 2 is 2.15 bits per heavy atom. The summed E-state index contributed by atoms with van der Waals surface area (Å²) in [5.41, 5.74) is 9.24. The minimum Gasteiger partial charge on any atom is -0.326 e. The van der Waals surface area contributed by atoms with E-state index >= 15 is 0 Å². The molecule has 0 aromatic heterocycles. The maximum Gasteiger partial charge on any atom is 0.0184 e. The van der Waals surface area contributed by atoms with Crippen molar-refractivity contribution in [3.63, 3.8) is 0 Å². The lowest BCUT2D eigenvalue weighted by Gasteiger charge is -2.07. The summed E-state index contributed by atoms with van der Waals surface area (Å²) in [5, 5.41) is 0. The molecule has 0 bridgehead atoms. The second-order valence-corrected chi connectivity index (χ2v) is 2.95. The maximum atomic E-state index is 5.64. The quantitative estimate of drug-likeness (QED) is 0.698. The lowest BCUT2D eigenvalue weighted by Crippen LogP contribution is -2.03. The molecule has 0 saturated carbocycles. The van der Waals surface area contributed by atoms with Gasteiger partial charge in [0.05, 0.1) is 0 Å². The second-order valence-electron chi connectivity index (χ2n) is 2.95. The number of allylic oxidation sites excluding steroid dienone is 2. The van der Waals surface area contributed by atoms with Gasteiger partial charge in [-0.25, -0.2) is 0 Å². The summed E-state index contributed by atoms with van der Waals surface area (Å²) < 4.78 is 0. The Labute approximate surface area is 79.6 Å². The van der Waals surface area contributed by atoms with Gasteiger partial charge in [-0.15, -0.1) is 0 Å². The van der Waals surface area contributed by atoms with Gasteiger partial charge in [0.2, 0.25) is 0 Å². The third-order valence-corrected chi connectivity index (χ3v) is 2.03. The summed E-state index contributed by atoms with van der Waals surface area (Å²) in [7, 11) is 0. The lowest BCUT2D eigenvalue weighted by atomic mass is 10.0. The first-order valence-corrected chi connectivity index (χ1v) is 4.37. The fraction of sp³-hybridized carbons (Fsp3) is 0.167. The Morgan fingerprint density at radius 3 is 2.69 bits per heavy atom. The van der Waals surface area contributed by atoms with Gasteiger partial charge in [0.1, 0.15) is 0 Å². The van der Waals surface area contributed by atoms with Crippen molar-refractivity contribution in [2.45, 2.75) is 6.92 Å². The van der Waals surface area contributed by atoms with Crippen molar-refractivity contribution >= 4 is 5.57 Å². The highest BCUT2D eigenvalue weighted by Gasteiger charge is 2.00. The van der Waals surface area contributed by atoms with Gasteiger partial charge in [0, 0.05) is 6.54 Å². The Balaban J connectivity index is 3.12. The predicted octanol–water partition coefficient (Wildman–Crippen LogP) is 2.52. The number of benzene rings is 1. The summed E-state index contributed by atoms with van der Waals surface area (Å²) in [6.45, 7) is 6.31. The van der Waals surface area contributed by atoms with E-state index in [2.05, 4.69) is 25.6 Å². The molecule has 0 heterocycles. The molecular formula is C12H15N. The molecule has 0 aliphatic heterocycles. The topological polar surface area (TPSA) is 26.0 Å². The van der Waals surface area contributed by atoms with E-state index in [0.29, 0.717) is 6.54 Å². The highest BCUT2D eigenvalue weighted by Crippen LogP contribution is 2.17. The SMILES string of the molecule is C=C/C=C(/CN)c1ccccc1C. The van der Waals surface area contributed by atoms with Crippen LogP contribution in [0.25, 0.3) is 5.57 Å². The molecule has 2 N–H and O–H groups in total. The zero-order valence-electron chi connectivity index (χ0n) is 7.96. The molecule has 0 atom stereocenters. The highest BCUT2D eigenvalue weighted by molar-refractivity contribution is 5.70. The van der Waals surface area contributed by atoms with E-state index < -0.39 is 0 Å². The van der Waals surface area contributed by atoms with Crippen LogP contribution >= 0.6 is 0 Å². The van der Waals surface area contributed by atoms with Gasteiger partial charge >= 0.3 is 0 Å². The summed E-state index contributed by atoms with van der Waals surface area (Å²) in [5.74, 6) is 0. The monoisotopic (exact) mass is 173 g/mol. The Bertz CT molecular complexity index is 324. The first kappa shape index (κ1) is 9.75. The average Bonchev–Trinajstić information content (AvgIpc) is 2.16. The fourth-order valence-corrected chi connectivity index (χ4v) is 1.34. The number of nitrogens with two attached hydrogens (primary N) is 1. The summed E-state index contributed by atoms with van der Waals surface area (Å²) >= 11 is 0. The molecule has 0 spiro atoms. The van der Waals surface area contributed by atoms with E-state index in [1.807, 2.05) is 18.2 Å². The van der Waals surface area contributed by atoms with Gasteiger partial charge in [0.15, 0.2) is 0 Å². The van der Waals surface area contributed by atoms with Crippen LogP contribution in [0.3, 0.4) is 0 Å². The van der Waals surface area contributed by atoms with E-state index in [1.54, 1.807) is 6.08 Å². The van der Waals surface area contributed by atoms with Gasteiger partial charge in [-0.2, -0.15) is 0 Å². The van der Waals surface area contributed by atoms with E-state index in [-0.39, 0.29) is 0 Å². The molecule has 0 saturated heterocycles. The summed E-state index contributed by atoms with van der Waals surface area (Å²) in [6, 6.07) is 8.22. The van der Waals surface area contributed by atoms with Gasteiger partial charge < -0.3 is 5.73 Å². The molecule has 68 valence electrons. The van der Waals surface area contributed by atoms with Crippen LogP contribution < -0.4 is 5.73 Å². The highest BCUT2D eigenvalue weighted by atomic mass is 14.5. The van der Waals surface area contributed by atoms with Crippen molar-refractivity contribution in [3.8, 4) is 0 Å². The van der Waals surface area contributed by atoms with Crippen LogP contribution in [0.4, 0.5) is 0 Å². The third-order valence-electron chi connectivity index (χ3n) is 2.03. The molecule has 1 heteroatoms. The molecule has 0 aliphatic carbocycles. The average molecular weight is 173 g/mol. The minimum absolute atomic E-state index is 0.552. The van der Waals surface area contributed by atoms with Crippen LogP contribution in [0, 0.1) is 6.92 Å². The standard InChI is InChI=1S/C12H15N/c1-3-6-11(9-13)12-8-5-4-7-10(12)2/h3-8H,1,9,13H2,2H3/b11-6-. The van der Waals surface area contributed by atoms with E-state index in [1.165, 1.54) is 11.1 Å². The molecule has 1 nitrogen and oxygen atoms in total. The normalized spacial score (nSPS) is 11.4. The molecule has 0 amide bonds. The smallest absolute Gasteiger partial charge is 0.0184 e. The number of aryl methyl sites for hydroxylation is 1. The molecule has 1 rings (SSSR count). The molecule has 0 radical (unpaired) electrons. The fourth-order valence-electron chi connectivity index (χ4n) is 1.34. The lowest BCUT2D eigenvalue weighted by molar-refractivity contribution is 1.25. The predicted molar refractivity (Wildman–Crippen MR) is 58.4 cm³/mol. The Morgan fingerprint density at radius 1 is 1.46 bits per heavy atom. The van der Waals surface area contributed by atoms with Crippen LogP contribution in [-0.4, -0.2) is 6.54 Å². The Hall–Kier alpha value is -1.34. The first-order valence-electron chi connectivity index (χ1n) is 4.37. The Kier molecular flexibility index (Phi) is 3.47.